The van der Waals surface area contributed by atoms with Crippen molar-refractivity contribution in [2.45, 2.75) is 19.3 Å². The lowest BCUT2D eigenvalue weighted by molar-refractivity contribution is 0.0946. The van der Waals surface area contributed by atoms with E-state index in [0.29, 0.717) is 35.9 Å². The van der Waals surface area contributed by atoms with E-state index in [0.717, 1.165) is 17.1 Å². The Morgan fingerprint density at radius 1 is 0.968 bits per heavy atom. The molecule has 160 valence electrons. The first-order valence-corrected chi connectivity index (χ1v) is 10.9. The van der Waals surface area contributed by atoms with Crippen molar-refractivity contribution in [2.24, 2.45) is 0 Å². The lowest BCUT2D eigenvalue weighted by Gasteiger charge is -2.28. The minimum atomic E-state index is -0.333. The number of carbonyl (C=O) groups excluding carboxylic acids is 2. The molecule has 0 atom stereocenters. The number of para-hydroxylation sites is 1. The largest absolute Gasteiger partial charge is 0.486 e. The Bertz CT molecular complexity index is 1090. The fourth-order valence-corrected chi connectivity index (χ4v) is 3.96. The molecule has 0 spiro atoms. The van der Waals surface area contributed by atoms with E-state index in [4.69, 9.17) is 9.47 Å². The standard InChI is InChI=1S/C24H24N2O4S/c1-24(2,16-9-10-19-20(14-16)30-12-11-29-19)15-25-22(27)17-6-3-4-7-18(17)26-23(28)21-8-5-13-31-21/h3-10,13-14H,11-12,15H2,1-2H3,(H,25,27)(H,26,28). The first-order valence-electron chi connectivity index (χ1n) is 10.1. The number of thiophene rings is 1. The van der Waals surface area contributed by atoms with Gasteiger partial charge >= 0.3 is 0 Å². The number of anilines is 1. The van der Waals surface area contributed by atoms with E-state index in [2.05, 4.69) is 24.5 Å². The van der Waals surface area contributed by atoms with Crippen LogP contribution in [0.1, 0.15) is 39.4 Å². The molecule has 7 heteroatoms. The molecule has 6 nitrogen and oxygen atoms in total. The number of hydrogen-bond donors (Lipinski definition) is 2. The van der Waals surface area contributed by atoms with Crippen molar-refractivity contribution < 1.29 is 19.1 Å². The Labute approximate surface area is 185 Å². The van der Waals surface area contributed by atoms with Crippen LogP contribution in [-0.2, 0) is 5.41 Å². The highest BCUT2D eigenvalue weighted by Gasteiger charge is 2.25. The van der Waals surface area contributed by atoms with E-state index < -0.39 is 0 Å². The second-order valence-electron chi connectivity index (χ2n) is 7.90. The summed E-state index contributed by atoms with van der Waals surface area (Å²) in [6.07, 6.45) is 0. The molecule has 1 aliphatic rings. The molecule has 0 fully saturated rings. The van der Waals surface area contributed by atoms with Crippen molar-refractivity contribution in [2.75, 3.05) is 25.1 Å². The molecule has 2 heterocycles. The summed E-state index contributed by atoms with van der Waals surface area (Å²) in [4.78, 5) is 25.9. The number of amides is 2. The zero-order valence-electron chi connectivity index (χ0n) is 17.4. The van der Waals surface area contributed by atoms with Gasteiger partial charge in [0.05, 0.1) is 16.1 Å². The van der Waals surface area contributed by atoms with Crippen molar-refractivity contribution in [3.63, 3.8) is 0 Å². The van der Waals surface area contributed by atoms with Crippen LogP contribution in [0.3, 0.4) is 0 Å². The second kappa shape index (κ2) is 8.81. The maximum Gasteiger partial charge on any atom is 0.265 e. The van der Waals surface area contributed by atoms with E-state index in [1.54, 1.807) is 30.3 Å². The first-order chi connectivity index (χ1) is 14.9. The van der Waals surface area contributed by atoms with E-state index in [1.807, 2.05) is 29.6 Å². The SMILES string of the molecule is CC(C)(CNC(=O)c1ccccc1NC(=O)c1cccs1)c1ccc2c(c1)OCCO2. The van der Waals surface area contributed by atoms with Crippen molar-refractivity contribution in [3.8, 4) is 11.5 Å². The van der Waals surface area contributed by atoms with Gasteiger partial charge in [0.2, 0.25) is 0 Å². The topological polar surface area (TPSA) is 76.7 Å². The minimum absolute atomic E-state index is 0.230. The second-order valence-corrected chi connectivity index (χ2v) is 8.85. The molecule has 1 aliphatic heterocycles. The van der Waals surface area contributed by atoms with Gasteiger partial charge < -0.3 is 20.1 Å². The van der Waals surface area contributed by atoms with E-state index >= 15 is 0 Å². The van der Waals surface area contributed by atoms with Crippen LogP contribution in [0.25, 0.3) is 0 Å². The zero-order valence-corrected chi connectivity index (χ0v) is 18.3. The summed E-state index contributed by atoms with van der Waals surface area (Å²) in [5.74, 6) is 0.995. The van der Waals surface area contributed by atoms with Gasteiger partial charge in [-0.2, -0.15) is 0 Å². The van der Waals surface area contributed by atoms with Crippen LogP contribution in [0.2, 0.25) is 0 Å². The predicted molar refractivity (Wildman–Crippen MR) is 122 cm³/mol. The predicted octanol–water partition coefficient (Wildman–Crippen LogP) is 4.48. The summed E-state index contributed by atoms with van der Waals surface area (Å²) < 4.78 is 11.3. The van der Waals surface area contributed by atoms with Gasteiger partial charge in [-0.3, -0.25) is 9.59 Å². The number of ether oxygens (including phenoxy) is 2. The minimum Gasteiger partial charge on any atom is -0.486 e. The molecule has 0 saturated heterocycles. The Kier molecular flexibility index (Phi) is 5.95. The van der Waals surface area contributed by atoms with Crippen LogP contribution in [-0.4, -0.2) is 31.6 Å². The Morgan fingerprint density at radius 2 is 1.74 bits per heavy atom. The monoisotopic (exact) mass is 436 g/mol. The molecule has 2 N–H and O–H groups in total. The smallest absolute Gasteiger partial charge is 0.265 e. The molecule has 1 aromatic heterocycles. The van der Waals surface area contributed by atoms with Gasteiger partial charge in [-0.05, 0) is 41.3 Å². The van der Waals surface area contributed by atoms with Gasteiger partial charge in [0.25, 0.3) is 11.8 Å². The number of benzene rings is 2. The van der Waals surface area contributed by atoms with Crippen LogP contribution in [0.5, 0.6) is 11.5 Å². The average Bonchev–Trinajstić information content (AvgIpc) is 3.33. The number of rotatable bonds is 6. The molecule has 0 bridgehead atoms. The third kappa shape index (κ3) is 4.72. The summed E-state index contributed by atoms with van der Waals surface area (Å²) in [7, 11) is 0. The quantitative estimate of drug-likeness (QED) is 0.597. The highest BCUT2D eigenvalue weighted by Crippen LogP contribution is 2.35. The van der Waals surface area contributed by atoms with Crippen LogP contribution in [0, 0.1) is 0 Å². The summed E-state index contributed by atoms with van der Waals surface area (Å²) in [5, 5.41) is 7.68. The number of nitrogens with one attached hydrogen (secondary N) is 2. The van der Waals surface area contributed by atoms with Crippen LogP contribution < -0.4 is 20.1 Å². The van der Waals surface area contributed by atoms with E-state index in [-0.39, 0.29) is 17.2 Å². The zero-order chi connectivity index (χ0) is 21.8. The number of hydrogen-bond acceptors (Lipinski definition) is 5. The summed E-state index contributed by atoms with van der Waals surface area (Å²) in [6.45, 7) is 5.61. The number of carbonyl (C=O) groups is 2. The molecule has 0 unspecified atom stereocenters. The summed E-state index contributed by atoms with van der Waals surface area (Å²) >= 11 is 1.35. The fraction of sp³-hybridized carbons (Fsp3) is 0.250. The van der Waals surface area contributed by atoms with Crippen molar-refractivity contribution >= 4 is 28.8 Å². The van der Waals surface area contributed by atoms with Gasteiger partial charge in [-0.1, -0.05) is 38.1 Å². The molecule has 0 aliphatic carbocycles. The van der Waals surface area contributed by atoms with Gasteiger partial charge in [-0.25, -0.2) is 0 Å². The van der Waals surface area contributed by atoms with Crippen LogP contribution >= 0.6 is 11.3 Å². The summed E-state index contributed by atoms with van der Waals surface area (Å²) in [5.41, 5.74) is 1.61. The molecular weight excluding hydrogens is 412 g/mol. The van der Waals surface area contributed by atoms with E-state index in [9.17, 15) is 9.59 Å². The highest BCUT2D eigenvalue weighted by molar-refractivity contribution is 7.12. The van der Waals surface area contributed by atoms with Crippen LogP contribution in [0.15, 0.2) is 60.0 Å². The Morgan fingerprint density at radius 3 is 2.52 bits per heavy atom. The fourth-order valence-electron chi connectivity index (χ4n) is 3.34. The van der Waals surface area contributed by atoms with Gasteiger partial charge in [0.15, 0.2) is 11.5 Å². The number of fused-ring (bicyclic) bond motifs is 1. The lowest BCUT2D eigenvalue weighted by Crippen LogP contribution is -2.37. The molecular formula is C24H24N2O4S. The normalized spacial score (nSPS) is 12.8. The summed E-state index contributed by atoms with van der Waals surface area (Å²) in [6, 6.07) is 16.4. The molecule has 3 aromatic rings. The Balaban J connectivity index is 1.45. The molecule has 2 amide bonds. The van der Waals surface area contributed by atoms with Crippen molar-refractivity contribution in [1.29, 1.82) is 0 Å². The Hall–Kier alpha value is -3.32. The van der Waals surface area contributed by atoms with Gasteiger partial charge in [0, 0.05) is 12.0 Å². The molecule has 4 rings (SSSR count). The van der Waals surface area contributed by atoms with E-state index in [1.165, 1.54) is 11.3 Å². The lowest BCUT2D eigenvalue weighted by atomic mass is 9.84. The molecule has 0 radical (unpaired) electrons. The molecule has 31 heavy (non-hydrogen) atoms. The third-order valence-corrected chi connectivity index (χ3v) is 6.05. The highest BCUT2D eigenvalue weighted by atomic mass is 32.1. The van der Waals surface area contributed by atoms with Gasteiger partial charge in [0.1, 0.15) is 13.2 Å². The van der Waals surface area contributed by atoms with Crippen molar-refractivity contribution in [1.82, 2.24) is 5.32 Å². The van der Waals surface area contributed by atoms with Gasteiger partial charge in [-0.15, -0.1) is 11.3 Å². The van der Waals surface area contributed by atoms with Crippen molar-refractivity contribution in [3.05, 3.63) is 76.0 Å². The molecule has 2 aromatic carbocycles. The maximum absolute atomic E-state index is 12.9. The average molecular weight is 437 g/mol. The molecule has 0 saturated carbocycles. The maximum atomic E-state index is 12.9. The van der Waals surface area contributed by atoms with Crippen LogP contribution in [0.4, 0.5) is 5.69 Å². The third-order valence-electron chi connectivity index (χ3n) is 5.18. The first kappa shape index (κ1) is 20.9.